The second kappa shape index (κ2) is 20.2. The van der Waals surface area contributed by atoms with E-state index in [4.69, 9.17) is 14.2 Å². The maximum atomic E-state index is 13.2. The molecule has 2 atom stereocenters. The van der Waals surface area contributed by atoms with Crippen LogP contribution in [0, 0.1) is 0 Å². The van der Waals surface area contributed by atoms with Crippen molar-refractivity contribution in [3.8, 4) is 0 Å². The van der Waals surface area contributed by atoms with E-state index in [1.807, 2.05) is 0 Å². The Labute approximate surface area is 276 Å². The third-order valence-corrected chi connectivity index (χ3v) is 7.79. The minimum absolute atomic E-state index is 0.154. The Morgan fingerprint density at radius 1 is 0.688 bits per heavy atom. The third-order valence-electron chi connectivity index (χ3n) is 6.77. The van der Waals surface area contributed by atoms with E-state index in [0.29, 0.717) is 0 Å². The summed E-state index contributed by atoms with van der Waals surface area (Å²) in [7, 11) is -5.20. The molecule has 0 aliphatic rings. The zero-order valence-corrected chi connectivity index (χ0v) is 26.7. The molecule has 264 valence electrons. The van der Waals surface area contributed by atoms with Crippen LogP contribution in [0.3, 0.4) is 0 Å². The van der Waals surface area contributed by atoms with Crippen LogP contribution in [0.4, 0.5) is 0 Å². The van der Waals surface area contributed by atoms with E-state index in [1.165, 1.54) is 0 Å². The van der Waals surface area contributed by atoms with Crippen LogP contribution in [-0.2, 0) is 50.4 Å². The first kappa shape index (κ1) is 40.0. The summed E-state index contributed by atoms with van der Waals surface area (Å²) in [5.41, 5.74) is 1.51. The van der Waals surface area contributed by atoms with Gasteiger partial charge in [0.25, 0.3) is 7.82 Å². The Balaban J connectivity index is 2.32. The van der Waals surface area contributed by atoms with Crippen molar-refractivity contribution >= 4 is 37.7 Å². The molecule has 2 rings (SSSR count). The molecule has 48 heavy (non-hydrogen) atoms. The topological polar surface area (TPSA) is 263 Å². The lowest BCUT2D eigenvalue weighted by molar-refractivity contribution is -0.311. The maximum Gasteiger partial charge on any atom is 0.317 e. The number of carbonyl (C=O) groups excluding carboxylic acids is 3. The van der Waals surface area contributed by atoms with Gasteiger partial charge in [-0.3, -0.25) is 28.9 Å². The summed E-state index contributed by atoms with van der Waals surface area (Å²) in [6, 6.07) is 16.3. The lowest BCUT2D eigenvalue weighted by Gasteiger charge is -2.37. The van der Waals surface area contributed by atoms with Gasteiger partial charge >= 0.3 is 11.9 Å². The summed E-state index contributed by atoms with van der Waals surface area (Å²) >= 11 is 0. The lowest BCUT2D eigenvalue weighted by atomic mass is 10.0. The summed E-state index contributed by atoms with van der Waals surface area (Å²) in [5.74, 6) is -7.90. The SMILES string of the molecule is O=C([O-])CN(CCN(CC(=O)O)CC(COP(=O)([O-])OC(Cc1ccccc1)Cc1ccccc1)N(CC(=O)[O-])CC(=O)[O-])CC(=O)O. The minimum atomic E-state index is -5.20. The third kappa shape index (κ3) is 17.1. The highest BCUT2D eigenvalue weighted by Gasteiger charge is 2.27. The van der Waals surface area contributed by atoms with E-state index in [9.17, 15) is 53.9 Å². The van der Waals surface area contributed by atoms with Crippen molar-refractivity contribution in [1.82, 2.24) is 14.7 Å². The zero-order chi connectivity index (χ0) is 35.7. The highest BCUT2D eigenvalue weighted by atomic mass is 31.2. The number of hydrogen-bond acceptors (Lipinski definition) is 15. The highest BCUT2D eigenvalue weighted by molar-refractivity contribution is 7.45. The van der Waals surface area contributed by atoms with Crippen molar-refractivity contribution in [3.63, 3.8) is 0 Å². The molecule has 2 aromatic carbocycles. The molecule has 0 saturated heterocycles. The first-order valence-corrected chi connectivity index (χ1v) is 16.0. The number of rotatable bonds is 25. The van der Waals surface area contributed by atoms with Gasteiger partial charge in [-0.05, 0) is 24.0 Å². The van der Waals surface area contributed by atoms with Crippen LogP contribution in [0.25, 0.3) is 0 Å². The molecule has 0 amide bonds. The van der Waals surface area contributed by atoms with Crippen LogP contribution >= 0.6 is 7.82 Å². The Morgan fingerprint density at radius 2 is 1.12 bits per heavy atom. The molecule has 0 spiro atoms. The minimum Gasteiger partial charge on any atom is -0.756 e. The molecule has 0 aromatic heterocycles. The van der Waals surface area contributed by atoms with Crippen molar-refractivity contribution in [2.45, 2.75) is 25.0 Å². The second-order valence-electron chi connectivity index (χ2n) is 10.8. The molecule has 0 aliphatic carbocycles. The van der Waals surface area contributed by atoms with Gasteiger partial charge in [0, 0.05) is 45.3 Å². The quantitative estimate of drug-likeness (QED) is 0.0940. The van der Waals surface area contributed by atoms with Crippen molar-refractivity contribution in [1.29, 1.82) is 0 Å². The fourth-order valence-electron chi connectivity index (χ4n) is 4.81. The van der Waals surface area contributed by atoms with E-state index in [-0.39, 0.29) is 25.9 Å². The highest BCUT2D eigenvalue weighted by Crippen LogP contribution is 2.41. The van der Waals surface area contributed by atoms with Gasteiger partial charge in [0.1, 0.15) is 0 Å². The summed E-state index contributed by atoms with van der Waals surface area (Å²) < 4.78 is 23.7. The summed E-state index contributed by atoms with van der Waals surface area (Å²) in [6.45, 7) is -6.51. The molecule has 0 aliphatic heterocycles. The van der Waals surface area contributed by atoms with Gasteiger partial charge in [0.15, 0.2) is 0 Å². The van der Waals surface area contributed by atoms with Crippen LogP contribution in [0.2, 0.25) is 0 Å². The van der Waals surface area contributed by atoms with Gasteiger partial charge in [0.05, 0.1) is 43.7 Å². The average Bonchev–Trinajstić information content (AvgIpc) is 2.97. The summed E-state index contributed by atoms with van der Waals surface area (Å²) in [5, 5.41) is 52.6. The average molecular weight is 694 g/mol. The van der Waals surface area contributed by atoms with Crippen molar-refractivity contribution in [3.05, 3.63) is 71.8 Å². The van der Waals surface area contributed by atoms with E-state index in [2.05, 4.69) is 0 Å². The van der Waals surface area contributed by atoms with Crippen molar-refractivity contribution in [2.75, 3.05) is 59.0 Å². The number of phosphoric ester groups is 1. The molecule has 17 nitrogen and oxygen atoms in total. The molecular formula is C30H36N3O14P-4. The van der Waals surface area contributed by atoms with Gasteiger partial charge in [-0.25, -0.2) is 0 Å². The lowest BCUT2D eigenvalue weighted by Crippen LogP contribution is -2.55. The van der Waals surface area contributed by atoms with Crippen molar-refractivity contribution in [2.24, 2.45) is 0 Å². The molecule has 0 heterocycles. The fraction of sp³-hybridized carbons (Fsp3) is 0.433. The summed E-state index contributed by atoms with van der Waals surface area (Å²) in [4.78, 5) is 72.8. The number of phosphoric acid groups is 1. The van der Waals surface area contributed by atoms with Gasteiger partial charge in [-0.15, -0.1) is 0 Å². The number of carboxylic acids is 5. The number of carboxylic acid groups (broad SMARTS) is 5. The molecule has 0 radical (unpaired) electrons. The van der Waals surface area contributed by atoms with E-state index in [1.54, 1.807) is 60.7 Å². The van der Waals surface area contributed by atoms with Gasteiger partial charge in [-0.1, -0.05) is 60.7 Å². The van der Waals surface area contributed by atoms with E-state index >= 15 is 0 Å². The monoisotopic (exact) mass is 693 g/mol. The number of benzene rings is 2. The smallest absolute Gasteiger partial charge is 0.317 e. The largest absolute Gasteiger partial charge is 0.756 e. The Bertz CT molecular complexity index is 1320. The van der Waals surface area contributed by atoms with Gasteiger partial charge in [-0.2, -0.15) is 0 Å². The van der Waals surface area contributed by atoms with Gasteiger partial charge in [0.2, 0.25) is 0 Å². The van der Waals surface area contributed by atoms with Crippen LogP contribution < -0.4 is 20.2 Å². The molecule has 18 heteroatoms. The molecule has 2 unspecified atom stereocenters. The molecule has 0 bridgehead atoms. The first-order valence-electron chi connectivity index (χ1n) is 14.6. The predicted molar refractivity (Wildman–Crippen MR) is 157 cm³/mol. The Morgan fingerprint density at radius 3 is 1.56 bits per heavy atom. The van der Waals surface area contributed by atoms with Crippen LogP contribution in [0.1, 0.15) is 11.1 Å². The molecule has 0 fully saturated rings. The van der Waals surface area contributed by atoms with Crippen LogP contribution in [0.5, 0.6) is 0 Å². The Kier molecular flexibility index (Phi) is 16.8. The van der Waals surface area contributed by atoms with E-state index < -0.39 is 95.7 Å². The maximum absolute atomic E-state index is 13.2. The molecule has 2 N–H and O–H groups in total. The molecular weight excluding hydrogens is 657 g/mol. The molecule has 0 saturated carbocycles. The Hall–Kier alpha value is -4.22. The standard InChI is InChI=1S/C30H40N3O14P/c34-26(35)16-31(11-12-32(17-27(36)37)18-28(38)39)15-24(33(19-29(40)41)20-30(42)43)21-46-48(44,45)47-25(13-22-7-3-1-4-8-22)14-23-9-5-2-6-10-23/h1-10,24-25H,11-21H2,(H,34,35)(H,36,37)(H,38,39)(H,40,41)(H,42,43)(H,44,45)/p-4. The van der Waals surface area contributed by atoms with E-state index in [0.717, 1.165) is 25.8 Å². The second-order valence-corrected chi connectivity index (χ2v) is 12.1. The van der Waals surface area contributed by atoms with Crippen LogP contribution in [-0.4, -0.2) is 126 Å². The predicted octanol–water partition coefficient (Wildman–Crippen LogP) is -3.96. The normalized spacial score (nSPS) is 13.4. The first-order chi connectivity index (χ1) is 22.6. The summed E-state index contributed by atoms with van der Waals surface area (Å²) in [6.07, 6.45) is -0.644. The number of nitrogens with zero attached hydrogens (tertiary/aromatic N) is 3. The molecule has 2 aromatic rings. The van der Waals surface area contributed by atoms with Gasteiger partial charge < -0.3 is 53.9 Å². The number of carbonyl (C=O) groups is 5. The van der Waals surface area contributed by atoms with Crippen molar-refractivity contribution < 1.29 is 68.0 Å². The fourth-order valence-corrected chi connectivity index (χ4v) is 5.74. The number of hydrogen-bond donors (Lipinski definition) is 2. The zero-order valence-electron chi connectivity index (χ0n) is 25.8. The van der Waals surface area contributed by atoms with Crippen LogP contribution in [0.15, 0.2) is 60.7 Å². The number of aliphatic carboxylic acids is 5.